The van der Waals surface area contributed by atoms with Gasteiger partial charge in [0.2, 0.25) is 0 Å². The minimum absolute atomic E-state index is 0.178. The predicted molar refractivity (Wildman–Crippen MR) is 264 cm³/mol. The zero-order chi connectivity index (χ0) is 51.9. The number of nitrogens with zero attached hydrogens (tertiary/aromatic N) is 15. The molecule has 2 aromatic carbocycles. The maximum absolute atomic E-state index is 15.5. The number of pyridine rings is 2. The number of carbonyl (C=O) groups is 2. The molecule has 1 fully saturated rings. The summed E-state index contributed by atoms with van der Waals surface area (Å²) in [6.45, 7) is 12.0. The Morgan fingerprint density at radius 2 is 1.37 bits per heavy atom. The zero-order valence-electron chi connectivity index (χ0n) is 41.3. The van der Waals surface area contributed by atoms with Gasteiger partial charge in [0.05, 0.1) is 94.7 Å². The molecule has 0 aliphatic carbocycles. The fraction of sp³-hybridized carbons (Fsp3) is 0.380. The maximum Gasteiger partial charge on any atom is 0.419 e. The first-order valence-corrected chi connectivity index (χ1v) is 23.6. The van der Waals surface area contributed by atoms with Crippen molar-refractivity contribution in [3.63, 3.8) is 0 Å². The van der Waals surface area contributed by atoms with Gasteiger partial charge < -0.3 is 20.4 Å². The van der Waals surface area contributed by atoms with Crippen molar-refractivity contribution in [2.24, 2.45) is 27.7 Å². The molecule has 2 N–H and O–H groups in total. The van der Waals surface area contributed by atoms with Crippen molar-refractivity contribution in [3.8, 4) is 6.07 Å². The monoisotopic (exact) mass is 999 g/mol. The van der Waals surface area contributed by atoms with Gasteiger partial charge in [-0.2, -0.15) is 38.9 Å². The molecule has 0 saturated carbocycles. The lowest BCUT2D eigenvalue weighted by Gasteiger charge is -2.34. The zero-order valence-corrected chi connectivity index (χ0v) is 41.3. The number of benzene rings is 2. The Morgan fingerprint density at radius 1 is 0.753 bits per heavy atom. The number of piperazine rings is 1. The van der Waals surface area contributed by atoms with Gasteiger partial charge in [0.25, 0.3) is 11.8 Å². The van der Waals surface area contributed by atoms with Crippen LogP contribution >= 0.6 is 0 Å². The molecule has 73 heavy (non-hydrogen) atoms. The average Bonchev–Trinajstić information content (AvgIpc) is 4.20. The maximum atomic E-state index is 15.5. The number of nitriles is 1. The Bertz CT molecular complexity index is 3200. The Labute approximate surface area is 418 Å². The molecule has 1 saturated heterocycles. The van der Waals surface area contributed by atoms with Crippen LogP contribution in [0.3, 0.4) is 0 Å². The van der Waals surface area contributed by atoms with Crippen molar-refractivity contribution in [2.45, 2.75) is 71.3 Å². The number of aromatic nitrogens is 6. The van der Waals surface area contributed by atoms with Crippen molar-refractivity contribution in [3.05, 3.63) is 135 Å². The van der Waals surface area contributed by atoms with Crippen LogP contribution in [0, 0.1) is 37.9 Å². The van der Waals surface area contributed by atoms with E-state index < -0.39 is 28.9 Å². The normalized spacial score (nSPS) is 17.2. The van der Waals surface area contributed by atoms with Crippen LogP contribution in [0.15, 0.2) is 94.0 Å². The molecule has 0 radical (unpaired) electrons. The number of likely N-dealkylation sites (N-methyl/N-ethyl adjacent to an activating group) is 1. The highest BCUT2D eigenvalue weighted by Crippen LogP contribution is 2.39. The van der Waals surface area contributed by atoms with Crippen LogP contribution in [0.5, 0.6) is 0 Å². The molecule has 4 aromatic heterocycles. The fourth-order valence-corrected chi connectivity index (χ4v) is 8.97. The molecule has 19 nitrogen and oxygen atoms in total. The number of hydrogen-bond acceptors (Lipinski definition) is 15. The van der Waals surface area contributed by atoms with E-state index in [-0.39, 0.29) is 48.0 Å². The third-order valence-corrected chi connectivity index (χ3v) is 13.7. The van der Waals surface area contributed by atoms with Crippen LogP contribution in [0.2, 0.25) is 0 Å². The molecule has 2 amide bonds. The van der Waals surface area contributed by atoms with Crippen molar-refractivity contribution in [1.82, 2.24) is 34.4 Å². The summed E-state index contributed by atoms with van der Waals surface area (Å²) in [6, 6.07) is 13.6. The van der Waals surface area contributed by atoms with Crippen molar-refractivity contribution in [1.29, 1.82) is 5.26 Å². The second kappa shape index (κ2) is 19.8. The van der Waals surface area contributed by atoms with E-state index in [0.717, 1.165) is 34.1 Å². The fourth-order valence-electron chi connectivity index (χ4n) is 8.97. The summed E-state index contributed by atoms with van der Waals surface area (Å²) in [5.41, 5.74) is 4.73. The molecule has 9 rings (SSSR count). The highest BCUT2D eigenvalue weighted by molar-refractivity contribution is 6.05. The van der Waals surface area contributed by atoms with Gasteiger partial charge >= 0.3 is 6.18 Å². The molecule has 2 atom stereocenters. The number of alkyl halides is 3. The standard InChI is InChI=1S/C50H53F4N17O2/c1-29-43(20-35(22-56-29)60-47(72)32-9-8-10-34(17-32)49(4,5)28-55)70-26-42(63-64-70)38-25-59-69(31(38)3)12-11-40-44(71-27-41(62-65-71)37-24-58-67(7)30(37)2)21-36(23-57-40)61-48(73)33-18-39(50(52,53)54)46(51)45(19-33)68-15-13-66(6)14-16-68/h8-10,17-25,41-42H,11-16,26-27H2,1-7H3,(H,60,72)(H,61,73). The molecule has 6 aromatic rings. The molecule has 0 bridgehead atoms. The quantitative estimate of drug-likeness (QED) is 0.105. The number of hydrogen-bond donors (Lipinski definition) is 2. The van der Waals surface area contributed by atoms with E-state index in [2.05, 4.69) is 47.5 Å². The smallest absolute Gasteiger partial charge is 0.367 e. The molecule has 3 aliphatic heterocycles. The van der Waals surface area contributed by atoms with Crippen molar-refractivity contribution < 1.29 is 27.2 Å². The number of rotatable bonds is 13. The largest absolute Gasteiger partial charge is 0.419 e. The number of anilines is 5. The summed E-state index contributed by atoms with van der Waals surface area (Å²) >= 11 is 0. The number of carbonyl (C=O) groups excluding carboxylic acids is 2. The van der Waals surface area contributed by atoms with Crippen LogP contribution in [-0.2, 0) is 31.6 Å². The lowest BCUT2D eigenvalue weighted by molar-refractivity contribution is -0.139. The topological polar surface area (TPSA) is 206 Å². The molecule has 7 heterocycles. The lowest BCUT2D eigenvalue weighted by atomic mass is 9.85. The first-order chi connectivity index (χ1) is 34.8. The van der Waals surface area contributed by atoms with Gasteiger partial charge in [-0.1, -0.05) is 22.6 Å². The molecular weight excluding hydrogens is 947 g/mol. The number of nitrogens with one attached hydrogen (secondary N) is 2. The van der Waals surface area contributed by atoms with Gasteiger partial charge in [-0.25, -0.2) is 14.4 Å². The van der Waals surface area contributed by atoms with Crippen molar-refractivity contribution >= 4 is 40.3 Å². The summed E-state index contributed by atoms with van der Waals surface area (Å²) < 4.78 is 61.8. The Hall–Kier alpha value is -8.13. The van der Waals surface area contributed by atoms with E-state index in [1.807, 2.05) is 50.5 Å². The summed E-state index contributed by atoms with van der Waals surface area (Å²) in [5, 5.41) is 45.8. The second-order valence-electron chi connectivity index (χ2n) is 19.0. The molecule has 23 heteroatoms. The summed E-state index contributed by atoms with van der Waals surface area (Å²) in [5.74, 6) is -2.65. The molecule has 0 spiro atoms. The van der Waals surface area contributed by atoms with Gasteiger partial charge in [-0.3, -0.25) is 28.9 Å². The van der Waals surface area contributed by atoms with Gasteiger partial charge in [0, 0.05) is 79.8 Å². The summed E-state index contributed by atoms with van der Waals surface area (Å²) in [7, 11) is 3.71. The Balaban J connectivity index is 0.918. The lowest BCUT2D eigenvalue weighted by Crippen LogP contribution is -2.45. The molecule has 2 unspecified atom stereocenters. The van der Waals surface area contributed by atoms with E-state index in [1.165, 1.54) is 11.1 Å². The summed E-state index contributed by atoms with van der Waals surface area (Å²) in [4.78, 5) is 39.9. The van der Waals surface area contributed by atoms with Crippen LogP contribution in [0.1, 0.15) is 91.7 Å². The third-order valence-electron chi connectivity index (χ3n) is 13.7. The van der Waals surface area contributed by atoms with Gasteiger partial charge in [0.1, 0.15) is 12.1 Å². The second-order valence-corrected chi connectivity index (χ2v) is 19.0. The van der Waals surface area contributed by atoms with Crippen LogP contribution in [-0.4, -0.2) is 92.6 Å². The molecular formula is C50H53F4N17O2. The Morgan fingerprint density at radius 3 is 2.01 bits per heavy atom. The van der Waals surface area contributed by atoms with E-state index >= 15 is 4.39 Å². The molecule has 378 valence electrons. The highest BCUT2D eigenvalue weighted by Gasteiger charge is 2.38. The SMILES string of the molecule is Cc1ncc(NC(=O)c2cccc(C(C)(C)C#N)c2)cc1N1CC(c2cnn(CCc3ncc(NC(=O)c4cc(N5CCN(C)CC5)c(F)c(C(F)(F)F)c4)cc3N3CC(c4cnn(C)c4C)N=N3)c2C)N=N1. The summed E-state index contributed by atoms with van der Waals surface area (Å²) in [6.07, 6.45) is 1.79. The average molecular weight is 1000 g/mol. The third kappa shape index (κ3) is 10.3. The van der Waals surface area contributed by atoms with E-state index in [4.69, 9.17) is 10.1 Å². The first kappa shape index (κ1) is 49.8. The van der Waals surface area contributed by atoms with Crippen molar-refractivity contribution in [2.75, 3.05) is 71.9 Å². The van der Waals surface area contributed by atoms with Gasteiger partial charge in [-0.05, 0) is 83.6 Å². The van der Waals surface area contributed by atoms with Gasteiger partial charge in [-0.15, -0.1) is 0 Å². The minimum Gasteiger partial charge on any atom is -0.367 e. The van der Waals surface area contributed by atoms with Crippen LogP contribution in [0.4, 0.5) is 46.0 Å². The number of amides is 2. The van der Waals surface area contributed by atoms with E-state index in [9.17, 15) is 28.0 Å². The van der Waals surface area contributed by atoms with E-state index in [0.29, 0.717) is 79.2 Å². The van der Waals surface area contributed by atoms with Gasteiger partial charge in [0.15, 0.2) is 5.82 Å². The first-order valence-electron chi connectivity index (χ1n) is 23.6. The van der Waals surface area contributed by atoms with Crippen LogP contribution < -0.4 is 25.6 Å². The highest BCUT2D eigenvalue weighted by atomic mass is 19.4. The number of aryl methyl sites for hydroxylation is 4. The number of halogens is 4. The Kier molecular flexibility index (Phi) is 13.5. The predicted octanol–water partition coefficient (Wildman–Crippen LogP) is 8.65. The minimum atomic E-state index is -5.05. The van der Waals surface area contributed by atoms with E-state index in [1.54, 1.807) is 77.5 Å². The van der Waals surface area contributed by atoms with Crippen LogP contribution in [0.25, 0.3) is 0 Å². The molecule has 3 aliphatic rings.